The molecule has 1 fully saturated rings. The van der Waals surface area contributed by atoms with Crippen LogP contribution in [0.25, 0.3) is 0 Å². The van der Waals surface area contributed by atoms with Crippen LogP contribution in [0.5, 0.6) is 5.88 Å². The van der Waals surface area contributed by atoms with Crippen molar-refractivity contribution in [2.45, 2.75) is 18.9 Å². The molecule has 1 aromatic rings. The van der Waals surface area contributed by atoms with Crippen LogP contribution in [0.2, 0.25) is 5.15 Å². The molecule has 0 unspecified atom stereocenters. The van der Waals surface area contributed by atoms with Crippen LogP contribution >= 0.6 is 27.5 Å². The third-order valence-corrected chi connectivity index (χ3v) is 3.04. The third kappa shape index (κ3) is 3.06. The van der Waals surface area contributed by atoms with Gasteiger partial charge in [-0.15, -0.1) is 0 Å². The summed E-state index contributed by atoms with van der Waals surface area (Å²) in [5.41, 5.74) is 0. The maximum Gasteiger partial charge on any atom is 0.229 e. The van der Waals surface area contributed by atoms with Crippen molar-refractivity contribution in [2.24, 2.45) is 0 Å². The van der Waals surface area contributed by atoms with Gasteiger partial charge in [0.2, 0.25) is 5.88 Å². The van der Waals surface area contributed by atoms with Gasteiger partial charge in [0.25, 0.3) is 0 Å². The van der Waals surface area contributed by atoms with E-state index in [1.165, 1.54) is 0 Å². The van der Waals surface area contributed by atoms with E-state index in [1.54, 1.807) is 6.07 Å². The summed E-state index contributed by atoms with van der Waals surface area (Å²) in [5, 5.41) is 0.445. The number of ether oxygens (including phenoxy) is 2. The van der Waals surface area contributed by atoms with Gasteiger partial charge in [0.15, 0.2) is 0 Å². The molecule has 1 aliphatic heterocycles. The van der Waals surface area contributed by atoms with Crippen molar-refractivity contribution in [3.63, 3.8) is 0 Å². The van der Waals surface area contributed by atoms with Crippen LogP contribution in [0, 0.1) is 0 Å². The van der Waals surface area contributed by atoms with Gasteiger partial charge in [-0.25, -0.2) is 4.98 Å². The Morgan fingerprint density at radius 3 is 2.87 bits per heavy atom. The summed E-state index contributed by atoms with van der Waals surface area (Å²) in [5.74, 6) is 0.564. The Hall–Kier alpha value is -0.320. The number of hydrogen-bond donors (Lipinski definition) is 0. The molecule has 2 rings (SSSR count). The van der Waals surface area contributed by atoms with Crippen LogP contribution < -0.4 is 4.74 Å². The summed E-state index contributed by atoms with van der Waals surface area (Å²) in [6.45, 7) is 1.51. The van der Waals surface area contributed by atoms with E-state index in [0.29, 0.717) is 11.0 Å². The highest BCUT2D eigenvalue weighted by molar-refractivity contribution is 9.10. The van der Waals surface area contributed by atoms with Crippen molar-refractivity contribution in [2.75, 3.05) is 13.2 Å². The molecule has 0 aliphatic carbocycles. The first-order valence-electron chi connectivity index (χ1n) is 4.82. The van der Waals surface area contributed by atoms with E-state index in [9.17, 15) is 0 Å². The summed E-state index contributed by atoms with van der Waals surface area (Å²) in [7, 11) is 0. The zero-order valence-electron chi connectivity index (χ0n) is 8.08. The molecule has 2 heterocycles. The Morgan fingerprint density at radius 1 is 1.40 bits per heavy atom. The van der Waals surface area contributed by atoms with Crippen LogP contribution in [0.3, 0.4) is 0 Å². The SMILES string of the molecule is Clc1ccc(Br)c(OC2CCOCC2)n1. The number of hydrogen-bond acceptors (Lipinski definition) is 3. The summed E-state index contributed by atoms with van der Waals surface area (Å²) >= 11 is 9.18. The second-order valence-corrected chi connectivity index (χ2v) is 4.59. The fraction of sp³-hybridized carbons (Fsp3) is 0.500. The molecule has 0 N–H and O–H groups in total. The Kier molecular flexibility index (Phi) is 3.83. The molecule has 3 nitrogen and oxygen atoms in total. The quantitative estimate of drug-likeness (QED) is 0.785. The van der Waals surface area contributed by atoms with Crippen molar-refractivity contribution in [1.82, 2.24) is 4.98 Å². The van der Waals surface area contributed by atoms with Gasteiger partial charge in [0.05, 0.1) is 17.7 Å². The second-order valence-electron chi connectivity index (χ2n) is 3.35. The molecule has 1 aliphatic rings. The molecule has 0 saturated carbocycles. The van der Waals surface area contributed by atoms with Crippen molar-refractivity contribution >= 4 is 27.5 Å². The lowest BCUT2D eigenvalue weighted by molar-refractivity contribution is 0.0234. The first-order chi connectivity index (χ1) is 7.25. The normalized spacial score (nSPS) is 17.7. The Balaban J connectivity index is 2.05. The number of nitrogens with zero attached hydrogens (tertiary/aromatic N) is 1. The topological polar surface area (TPSA) is 31.4 Å². The Labute approximate surface area is 102 Å². The smallest absolute Gasteiger partial charge is 0.229 e. The van der Waals surface area contributed by atoms with Crippen LogP contribution in [-0.4, -0.2) is 24.3 Å². The molecule has 0 aromatic carbocycles. The van der Waals surface area contributed by atoms with E-state index in [1.807, 2.05) is 6.07 Å². The minimum absolute atomic E-state index is 0.181. The van der Waals surface area contributed by atoms with Gasteiger partial charge in [0, 0.05) is 12.8 Å². The third-order valence-electron chi connectivity index (χ3n) is 2.23. The molecule has 15 heavy (non-hydrogen) atoms. The number of pyridine rings is 1. The predicted octanol–water partition coefficient (Wildman–Crippen LogP) is 3.06. The lowest BCUT2D eigenvalue weighted by Crippen LogP contribution is -2.26. The fourth-order valence-electron chi connectivity index (χ4n) is 1.44. The lowest BCUT2D eigenvalue weighted by Gasteiger charge is -2.23. The highest BCUT2D eigenvalue weighted by atomic mass is 79.9. The van der Waals surface area contributed by atoms with E-state index in [4.69, 9.17) is 21.1 Å². The Morgan fingerprint density at radius 2 is 2.13 bits per heavy atom. The number of rotatable bonds is 2. The average molecular weight is 293 g/mol. The first-order valence-corrected chi connectivity index (χ1v) is 5.99. The zero-order chi connectivity index (χ0) is 10.7. The molecule has 0 bridgehead atoms. The molecule has 5 heteroatoms. The van der Waals surface area contributed by atoms with Crippen molar-refractivity contribution in [1.29, 1.82) is 0 Å². The maximum atomic E-state index is 5.80. The van der Waals surface area contributed by atoms with E-state index < -0.39 is 0 Å². The summed E-state index contributed by atoms with van der Waals surface area (Å²) in [4.78, 5) is 4.12. The standard InChI is InChI=1S/C10H11BrClNO2/c11-8-1-2-9(12)13-10(8)15-7-3-5-14-6-4-7/h1-2,7H,3-6H2. The van der Waals surface area contributed by atoms with Crippen LogP contribution in [0.1, 0.15) is 12.8 Å². The van der Waals surface area contributed by atoms with Gasteiger partial charge in [-0.1, -0.05) is 11.6 Å². The summed E-state index contributed by atoms with van der Waals surface area (Å²) in [6, 6.07) is 3.56. The molecule has 0 spiro atoms. The predicted molar refractivity (Wildman–Crippen MR) is 61.4 cm³/mol. The highest BCUT2D eigenvalue weighted by Gasteiger charge is 2.17. The largest absolute Gasteiger partial charge is 0.473 e. The fourth-order valence-corrected chi connectivity index (χ4v) is 1.89. The highest BCUT2D eigenvalue weighted by Crippen LogP contribution is 2.26. The van der Waals surface area contributed by atoms with Gasteiger partial charge in [-0.3, -0.25) is 0 Å². The van der Waals surface area contributed by atoms with Gasteiger partial charge in [-0.2, -0.15) is 0 Å². The molecule has 82 valence electrons. The average Bonchev–Trinajstić information content (AvgIpc) is 2.25. The second kappa shape index (κ2) is 5.14. The lowest BCUT2D eigenvalue weighted by atomic mass is 10.2. The van der Waals surface area contributed by atoms with Gasteiger partial charge in [0.1, 0.15) is 11.3 Å². The van der Waals surface area contributed by atoms with Crippen LogP contribution in [0.4, 0.5) is 0 Å². The molecule has 1 saturated heterocycles. The van der Waals surface area contributed by atoms with E-state index in [0.717, 1.165) is 30.5 Å². The number of halogens is 2. The molecular weight excluding hydrogens is 281 g/mol. The van der Waals surface area contributed by atoms with Gasteiger partial charge in [-0.05, 0) is 28.1 Å². The van der Waals surface area contributed by atoms with Gasteiger partial charge < -0.3 is 9.47 Å². The number of aromatic nitrogens is 1. The Bertz CT molecular complexity index is 342. The summed E-state index contributed by atoms with van der Waals surface area (Å²) in [6.07, 6.45) is 1.99. The molecule has 0 amide bonds. The van der Waals surface area contributed by atoms with Crippen molar-refractivity contribution < 1.29 is 9.47 Å². The molecule has 0 radical (unpaired) electrons. The monoisotopic (exact) mass is 291 g/mol. The minimum atomic E-state index is 0.181. The maximum absolute atomic E-state index is 5.80. The van der Waals surface area contributed by atoms with Crippen molar-refractivity contribution in [3.8, 4) is 5.88 Å². The van der Waals surface area contributed by atoms with E-state index in [-0.39, 0.29) is 6.10 Å². The molecular formula is C10H11BrClNO2. The molecule has 1 aromatic heterocycles. The zero-order valence-corrected chi connectivity index (χ0v) is 10.4. The minimum Gasteiger partial charge on any atom is -0.473 e. The van der Waals surface area contributed by atoms with Gasteiger partial charge >= 0.3 is 0 Å². The molecule has 0 atom stereocenters. The first kappa shape index (κ1) is 11.2. The van der Waals surface area contributed by atoms with Crippen molar-refractivity contribution in [3.05, 3.63) is 21.8 Å². The van der Waals surface area contributed by atoms with E-state index in [2.05, 4.69) is 20.9 Å². The van der Waals surface area contributed by atoms with E-state index >= 15 is 0 Å². The van der Waals surface area contributed by atoms with Crippen LogP contribution in [0.15, 0.2) is 16.6 Å². The summed E-state index contributed by atoms with van der Waals surface area (Å²) < 4.78 is 11.8. The van der Waals surface area contributed by atoms with Crippen LogP contribution in [-0.2, 0) is 4.74 Å².